The lowest BCUT2D eigenvalue weighted by atomic mass is 10.0. The minimum absolute atomic E-state index is 0.233. The monoisotopic (exact) mass is 288 g/mol. The summed E-state index contributed by atoms with van der Waals surface area (Å²) in [5.41, 5.74) is 1.64. The minimum atomic E-state index is -0.388. The summed E-state index contributed by atoms with van der Waals surface area (Å²) < 4.78 is 27.0. The maximum absolute atomic E-state index is 13.7. The summed E-state index contributed by atoms with van der Waals surface area (Å²) in [6, 6.07) is 14.1. The first-order valence-electron chi connectivity index (χ1n) is 7.17. The van der Waals surface area contributed by atoms with E-state index in [1.807, 2.05) is 18.2 Å². The molecule has 4 heteroatoms. The van der Waals surface area contributed by atoms with E-state index in [2.05, 4.69) is 22.3 Å². The molecule has 1 N–H and O–H groups in total. The summed E-state index contributed by atoms with van der Waals surface area (Å²) in [6.07, 6.45) is 0. The molecule has 21 heavy (non-hydrogen) atoms. The van der Waals surface area contributed by atoms with Crippen LogP contribution in [0.2, 0.25) is 0 Å². The van der Waals surface area contributed by atoms with Crippen LogP contribution in [0.5, 0.6) is 0 Å². The summed E-state index contributed by atoms with van der Waals surface area (Å²) in [7, 11) is 0. The molecule has 1 atom stereocenters. The molecule has 0 saturated carbocycles. The Labute approximate surface area is 123 Å². The average molecular weight is 288 g/mol. The van der Waals surface area contributed by atoms with Crippen molar-refractivity contribution in [3.05, 3.63) is 71.3 Å². The molecule has 110 valence electrons. The number of hydrogen-bond donors (Lipinski definition) is 1. The summed E-state index contributed by atoms with van der Waals surface area (Å²) >= 11 is 0. The molecule has 2 aromatic carbocycles. The van der Waals surface area contributed by atoms with E-state index in [0.29, 0.717) is 12.1 Å². The van der Waals surface area contributed by atoms with Crippen LogP contribution in [0.15, 0.2) is 48.5 Å². The molecule has 2 aromatic rings. The van der Waals surface area contributed by atoms with Crippen LogP contribution in [-0.2, 0) is 6.54 Å². The van der Waals surface area contributed by atoms with Crippen LogP contribution >= 0.6 is 0 Å². The molecule has 1 fully saturated rings. The number of piperazine rings is 1. The van der Waals surface area contributed by atoms with Gasteiger partial charge in [-0.2, -0.15) is 0 Å². The van der Waals surface area contributed by atoms with Gasteiger partial charge in [-0.25, -0.2) is 8.78 Å². The molecule has 1 saturated heterocycles. The Bertz CT molecular complexity index is 601. The molecule has 0 radical (unpaired) electrons. The molecule has 2 nitrogen and oxygen atoms in total. The average Bonchev–Trinajstić information content (AvgIpc) is 2.52. The highest BCUT2D eigenvalue weighted by atomic mass is 19.1. The Morgan fingerprint density at radius 1 is 1.10 bits per heavy atom. The minimum Gasteiger partial charge on any atom is -0.308 e. The van der Waals surface area contributed by atoms with Gasteiger partial charge in [0.1, 0.15) is 11.6 Å². The van der Waals surface area contributed by atoms with Crippen molar-refractivity contribution >= 4 is 0 Å². The molecule has 0 aliphatic carbocycles. The van der Waals surface area contributed by atoms with E-state index in [4.69, 9.17) is 0 Å². The quantitative estimate of drug-likeness (QED) is 0.933. The largest absolute Gasteiger partial charge is 0.308 e. The summed E-state index contributed by atoms with van der Waals surface area (Å²) in [4.78, 5) is 2.16. The topological polar surface area (TPSA) is 15.3 Å². The standard InChI is InChI=1S/C17H18F2N2/c18-15-6-7-16(19)14(10-15)11-21-9-8-20-17(12-21)13-4-2-1-3-5-13/h1-7,10,17,20H,8-9,11-12H2. The first-order valence-corrected chi connectivity index (χ1v) is 7.17. The lowest BCUT2D eigenvalue weighted by Gasteiger charge is -2.34. The molecule has 0 aromatic heterocycles. The number of halogens is 2. The predicted molar refractivity (Wildman–Crippen MR) is 78.8 cm³/mol. The number of nitrogens with one attached hydrogen (secondary N) is 1. The van der Waals surface area contributed by atoms with Crippen LogP contribution in [0.1, 0.15) is 17.2 Å². The van der Waals surface area contributed by atoms with Gasteiger partial charge in [0.2, 0.25) is 0 Å². The molecular formula is C17H18F2N2. The maximum atomic E-state index is 13.7. The van der Waals surface area contributed by atoms with Gasteiger partial charge in [0.25, 0.3) is 0 Å². The Balaban J connectivity index is 1.70. The van der Waals surface area contributed by atoms with Crippen molar-refractivity contribution in [1.82, 2.24) is 10.2 Å². The maximum Gasteiger partial charge on any atom is 0.127 e. The molecule has 1 aliphatic rings. The molecule has 3 rings (SSSR count). The fourth-order valence-corrected chi connectivity index (χ4v) is 2.77. The van der Waals surface area contributed by atoms with E-state index in [0.717, 1.165) is 25.7 Å². The Kier molecular flexibility index (Phi) is 4.27. The number of hydrogen-bond acceptors (Lipinski definition) is 2. The van der Waals surface area contributed by atoms with Gasteiger partial charge in [-0.1, -0.05) is 30.3 Å². The van der Waals surface area contributed by atoms with Crippen LogP contribution in [0.25, 0.3) is 0 Å². The van der Waals surface area contributed by atoms with Crippen molar-refractivity contribution in [1.29, 1.82) is 0 Å². The number of rotatable bonds is 3. The highest BCUT2D eigenvalue weighted by molar-refractivity contribution is 5.21. The first-order chi connectivity index (χ1) is 10.2. The van der Waals surface area contributed by atoms with E-state index in [1.165, 1.54) is 17.7 Å². The third kappa shape index (κ3) is 3.46. The van der Waals surface area contributed by atoms with Crippen LogP contribution in [0.4, 0.5) is 8.78 Å². The normalized spacial score (nSPS) is 19.6. The van der Waals surface area contributed by atoms with Crippen molar-refractivity contribution in [3.63, 3.8) is 0 Å². The zero-order valence-electron chi connectivity index (χ0n) is 11.7. The van der Waals surface area contributed by atoms with Crippen molar-refractivity contribution < 1.29 is 8.78 Å². The second-order valence-electron chi connectivity index (χ2n) is 5.39. The van der Waals surface area contributed by atoms with Crippen LogP contribution in [0, 0.1) is 11.6 Å². The van der Waals surface area contributed by atoms with Gasteiger partial charge in [-0.15, -0.1) is 0 Å². The molecule has 1 unspecified atom stereocenters. The van der Waals surface area contributed by atoms with Crippen molar-refractivity contribution in [2.75, 3.05) is 19.6 Å². The van der Waals surface area contributed by atoms with E-state index in [9.17, 15) is 8.78 Å². The van der Waals surface area contributed by atoms with Gasteiger partial charge in [-0.3, -0.25) is 4.90 Å². The van der Waals surface area contributed by atoms with E-state index in [1.54, 1.807) is 0 Å². The highest BCUT2D eigenvalue weighted by Gasteiger charge is 2.21. The van der Waals surface area contributed by atoms with Gasteiger partial charge in [0.15, 0.2) is 0 Å². The predicted octanol–water partition coefficient (Wildman–Crippen LogP) is 3.11. The Hall–Kier alpha value is -1.78. The number of nitrogens with zero attached hydrogens (tertiary/aromatic N) is 1. The summed E-state index contributed by atoms with van der Waals surface area (Å²) in [5.74, 6) is -0.729. The Morgan fingerprint density at radius 2 is 1.90 bits per heavy atom. The lowest BCUT2D eigenvalue weighted by Crippen LogP contribution is -2.45. The van der Waals surface area contributed by atoms with E-state index < -0.39 is 0 Å². The van der Waals surface area contributed by atoms with Gasteiger partial charge < -0.3 is 5.32 Å². The van der Waals surface area contributed by atoms with Crippen molar-refractivity contribution in [2.24, 2.45) is 0 Å². The lowest BCUT2D eigenvalue weighted by molar-refractivity contribution is 0.191. The molecule has 1 aliphatic heterocycles. The fourth-order valence-electron chi connectivity index (χ4n) is 2.77. The van der Waals surface area contributed by atoms with Crippen molar-refractivity contribution in [3.8, 4) is 0 Å². The van der Waals surface area contributed by atoms with Crippen LogP contribution in [0.3, 0.4) is 0 Å². The van der Waals surface area contributed by atoms with Gasteiger partial charge in [0.05, 0.1) is 0 Å². The second kappa shape index (κ2) is 6.33. The number of benzene rings is 2. The van der Waals surface area contributed by atoms with Gasteiger partial charge in [-0.05, 0) is 23.8 Å². The fraction of sp³-hybridized carbons (Fsp3) is 0.294. The van der Waals surface area contributed by atoms with Crippen molar-refractivity contribution in [2.45, 2.75) is 12.6 Å². The van der Waals surface area contributed by atoms with Gasteiger partial charge >= 0.3 is 0 Å². The first kappa shape index (κ1) is 14.2. The smallest absolute Gasteiger partial charge is 0.127 e. The van der Waals surface area contributed by atoms with Crippen LogP contribution in [-0.4, -0.2) is 24.5 Å². The van der Waals surface area contributed by atoms with Gasteiger partial charge in [0, 0.05) is 37.8 Å². The van der Waals surface area contributed by atoms with Crippen LogP contribution < -0.4 is 5.32 Å². The molecular weight excluding hydrogens is 270 g/mol. The highest BCUT2D eigenvalue weighted by Crippen LogP contribution is 2.19. The molecule has 1 heterocycles. The molecule has 0 spiro atoms. The third-order valence-corrected chi connectivity index (χ3v) is 3.86. The SMILES string of the molecule is Fc1ccc(F)c(CN2CCNC(c3ccccc3)C2)c1. The second-order valence-corrected chi connectivity index (χ2v) is 5.39. The zero-order valence-corrected chi connectivity index (χ0v) is 11.7. The molecule has 0 amide bonds. The van der Waals surface area contributed by atoms with E-state index in [-0.39, 0.29) is 17.7 Å². The Morgan fingerprint density at radius 3 is 2.71 bits per heavy atom. The molecule has 0 bridgehead atoms. The van der Waals surface area contributed by atoms with E-state index >= 15 is 0 Å². The zero-order chi connectivity index (χ0) is 14.7. The summed E-state index contributed by atoms with van der Waals surface area (Å²) in [5, 5.41) is 3.47. The summed E-state index contributed by atoms with van der Waals surface area (Å²) in [6.45, 7) is 2.91. The third-order valence-electron chi connectivity index (χ3n) is 3.86.